The fourth-order valence-electron chi connectivity index (χ4n) is 2.87. The summed E-state index contributed by atoms with van der Waals surface area (Å²) in [5, 5.41) is 13.2. The molecular formula is C14H23N3O2. The van der Waals surface area contributed by atoms with E-state index >= 15 is 0 Å². The molecule has 1 atom stereocenters. The quantitative estimate of drug-likeness (QED) is 0.850. The minimum Gasteiger partial charge on any atom is -0.481 e. The molecule has 5 heteroatoms. The summed E-state index contributed by atoms with van der Waals surface area (Å²) in [6.07, 6.45) is 5.29. The lowest BCUT2D eigenvalue weighted by molar-refractivity contribution is -0.137. The van der Waals surface area contributed by atoms with E-state index in [0.717, 1.165) is 38.9 Å². The molecule has 0 aromatic carbocycles. The summed E-state index contributed by atoms with van der Waals surface area (Å²) >= 11 is 0. The molecule has 2 rings (SSSR count). The Morgan fingerprint density at radius 1 is 1.58 bits per heavy atom. The van der Waals surface area contributed by atoms with Gasteiger partial charge in [-0.1, -0.05) is 6.92 Å². The Morgan fingerprint density at radius 2 is 2.37 bits per heavy atom. The fraction of sp³-hybridized carbons (Fsp3) is 0.714. The van der Waals surface area contributed by atoms with Gasteiger partial charge in [-0.3, -0.25) is 14.4 Å². The van der Waals surface area contributed by atoms with Gasteiger partial charge in [-0.2, -0.15) is 5.10 Å². The summed E-state index contributed by atoms with van der Waals surface area (Å²) in [6, 6.07) is 0. The molecule has 1 aliphatic heterocycles. The summed E-state index contributed by atoms with van der Waals surface area (Å²) in [6.45, 7) is 5.17. The van der Waals surface area contributed by atoms with Crippen molar-refractivity contribution >= 4 is 5.97 Å². The molecule has 1 aliphatic rings. The normalized spacial score (nSPS) is 20.0. The summed E-state index contributed by atoms with van der Waals surface area (Å²) in [7, 11) is 1.96. The van der Waals surface area contributed by atoms with E-state index in [1.165, 1.54) is 11.3 Å². The average Bonchev–Trinajstić information content (AvgIpc) is 2.94. The molecule has 19 heavy (non-hydrogen) atoms. The Labute approximate surface area is 114 Å². The second-order valence-electron chi connectivity index (χ2n) is 5.45. The van der Waals surface area contributed by atoms with Gasteiger partial charge in [-0.25, -0.2) is 0 Å². The first-order valence-corrected chi connectivity index (χ1v) is 7.04. The maximum absolute atomic E-state index is 10.6. The number of aromatic nitrogens is 2. The number of carboxylic acids is 1. The number of carboxylic acid groups (broad SMARTS) is 1. The molecule has 0 radical (unpaired) electrons. The zero-order valence-corrected chi connectivity index (χ0v) is 11.8. The van der Waals surface area contributed by atoms with Crippen LogP contribution in [0.15, 0.2) is 6.20 Å². The van der Waals surface area contributed by atoms with Crippen LogP contribution < -0.4 is 0 Å². The highest BCUT2D eigenvalue weighted by atomic mass is 16.4. The van der Waals surface area contributed by atoms with Crippen LogP contribution in [0.3, 0.4) is 0 Å². The zero-order chi connectivity index (χ0) is 13.8. The van der Waals surface area contributed by atoms with Crippen LogP contribution in [0.1, 0.15) is 37.4 Å². The number of nitrogens with zero attached hydrogens (tertiary/aromatic N) is 3. The van der Waals surface area contributed by atoms with Gasteiger partial charge in [0.25, 0.3) is 0 Å². The van der Waals surface area contributed by atoms with Crippen molar-refractivity contribution in [3.8, 4) is 0 Å². The van der Waals surface area contributed by atoms with Gasteiger partial charge >= 0.3 is 5.97 Å². The number of carbonyl (C=O) groups is 1. The van der Waals surface area contributed by atoms with E-state index in [1.807, 2.05) is 11.7 Å². The van der Waals surface area contributed by atoms with Crippen LogP contribution in [0, 0.1) is 5.92 Å². The maximum atomic E-state index is 10.6. The number of aliphatic carboxylic acids is 1. The fourth-order valence-corrected chi connectivity index (χ4v) is 2.87. The van der Waals surface area contributed by atoms with Crippen molar-refractivity contribution < 1.29 is 9.90 Å². The van der Waals surface area contributed by atoms with E-state index in [9.17, 15) is 4.79 Å². The van der Waals surface area contributed by atoms with E-state index < -0.39 is 5.97 Å². The molecule has 0 aliphatic carbocycles. The minimum absolute atomic E-state index is 0.297. The average molecular weight is 265 g/mol. The van der Waals surface area contributed by atoms with Crippen LogP contribution in [0.2, 0.25) is 0 Å². The van der Waals surface area contributed by atoms with Crippen molar-refractivity contribution in [2.75, 3.05) is 13.1 Å². The second kappa shape index (κ2) is 6.19. The SMILES string of the molecule is CCc1nn(C)cc1CN1CCC(CCC(=O)O)C1. The number of rotatable bonds is 6. The highest BCUT2D eigenvalue weighted by molar-refractivity contribution is 5.66. The molecule has 106 valence electrons. The van der Waals surface area contributed by atoms with Gasteiger partial charge in [-0.05, 0) is 31.7 Å². The molecule has 5 nitrogen and oxygen atoms in total. The van der Waals surface area contributed by atoms with Gasteiger partial charge < -0.3 is 5.11 Å². The zero-order valence-electron chi connectivity index (χ0n) is 11.8. The van der Waals surface area contributed by atoms with Crippen molar-refractivity contribution in [2.45, 2.75) is 39.2 Å². The third kappa shape index (κ3) is 3.80. The molecule has 1 fully saturated rings. The summed E-state index contributed by atoms with van der Waals surface area (Å²) < 4.78 is 1.88. The Balaban J connectivity index is 1.85. The smallest absolute Gasteiger partial charge is 0.303 e. The van der Waals surface area contributed by atoms with E-state index in [2.05, 4.69) is 23.1 Å². The van der Waals surface area contributed by atoms with Gasteiger partial charge in [-0.15, -0.1) is 0 Å². The first kappa shape index (κ1) is 14.1. The Morgan fingerprint density at radius 3 is 3.05 bits per heavy atom. The molecule has 1 N–H and O–H groups in total. The van der Waals surface area contributed by atoms with Crippen molar-refractivity contribution in [3.05, 3.63) is 17.5 Å². The molecular weight excluding hydrogens is 242 g/mol. The Hall–Kier alpha value is -1.36. The first-order chi connectivity index (χ1) is 9.08. The molecule has 0 spiro atoms. The molecule has 0 saturated carbocycles. The predicted octanol–water partition coefficient (Wildman–Crippen LogP) is 1.67. The molecule has 1 unspecified atom stereocenters. The van der Waals surface area contributed by atoms with Crippen molar-refractivity contribution in [3.63, 3.8) is 0 Å². The van der Waals surface area contributed by atoms with E-state index in [-0.39, 0.29) is 0 Å². The van der Waals surface area contributed by atoms with Crippen molar-refractivity contribution in [1.29, 1.82) is 0 Å². The maximum Gasteiger partial charge on any atom is 0.303 e. The van der Waals surface area contributed by atoms with Crippen LogP contribution in [0.25, 0.3) is 0 Å². The van der Waals surface area contributed by atoms with E-state index in [0.29, 0.717) is 12.3 Å². The van der Waals surface area contributed by atoms with Crippen LogP contribution in [0.5, 0.6) is 0 Å². The summed E-state index contributed by atoms with van der Waals surface area (Å²) in [4.78, 5) is 13.0. The van der Waals surface area contributed by atoms with E-state index in [1.54, 1.807) is 0 Å². The second-order valence-corrected chi connectivity index (χ2v) is 5.45. The lowest BCUT2D eigenvalue weighted by Gasteiger charge is -2.15. The molecule has 0 amide bonds. The third-order valence-electron chi connectivity index (χ3n) is 3.86. The molecule has 1 aromatic heterocycles. The van der Waals surface area contributed by atoms with Gasteiger partial charge in [0.1, 0.15) is 0 Å². The van der Waals surface area contributed by atoms with E-state index in [4.69, 9.17) is 5.11 Å². The van der Waals surface area contributed by atoms with Crippen LogP contribution in [-0.4, -0.2) is 38.8 Å². The summed E-state index contributed by atoms with van der Waals surface area (Å²) in [5.74, 6) is -0.142. The lowest BCUT2D eigenvalue weighted by Crippen LogP contribution is -2.20. The molecule has 1 saturated heterocycles. The molecule has 0 bridgehead atoms. The van der Waals surface area contributed by atoms with Gasteiger partial charge in [0.05, 0.1) is 5.69 Å². The topological polar surface area (TPSA) is 58.4 Å². The number of hydrogen-bond acceptors (Lipinski definition) is 3. The van der Waals surface area contributed by atoms with Crippen molar-refractivity contribution in [1.82, 2.24) is 14.7 Å². The van der Waals surface area contributed by atoms with Crippen LogP contribution >= 0.6 is 0 Å². The van der Waals surface area contributed by atoms with Crippen LogP contribution in [0.4, 0.5) is 0 Å². The Bertz CT molecular complexity index is 442. The highest BCUT2D eigenvalue weighted by Crippen LogP contribution is 2.23. The lowest BCUT2D eigenvalue weighted by atomic mass is 10.0. The highest BCUT2D eigenvalue weighted by Gasteiger charge is 2.23. The number of hydrogen-bond donors (Lipinski definition) is 1. The first-order valence-electron chi connectivity index (χ1n) is 7.04. The predicted molar refractivity (Wildman–Crippen MR) is 72.8 cm³/mol. The largest absolute Gasteiger partial charge is 0.481 e. The standard InChI is InChI=1S/C14H23N3O2/c1-3-13-12(9-16(2)15-13)10-17-7-6-11(8-17)4-5-14(18)19/h9,11H,3-8,10H2,1-2H3,(H,18,19). The van der Waals surface area contributed by atoms with Gasteiger partial charge in [0.2, 0.25) is 0 Å². The van der Waals surface area contributed by atoms with Gasteiger partial charge in [0.15, 0.2) is 0 Å². The van der Waals surface area contributed by atoms with Crippen molar-refractivity contribution in [2.24, 2.45) is 13.0 Å². The third-order valence-corrected chi connectivity index (χ3v) is 3.86. The number of aryl methyl sites for hydroxylation is 2. The minimum atomic E-state index is -0.682. The molecule has 2 heterocycles. The Kier molecular flexibility index (Phi) is 4.58. The summed E-state index contributed by atoms with van der Waals surface area (Å²) in [5.41, 5.74) is 2.49. The molecule has 1 aromatic rings. The van der Waals surface area contributed by atoms with Gasteiger partial charge in [0, 0.05) is 38.3 Å². The number of likely N-dealkylation sites (tertiary alicyclic amines) is 1. The van der Waals surface area contributed by atoms with Crippen LogP contribution in [-0.2, 0) is 24.8 Å². The monoisotopic (exact) mass is 265 g/mol.